The highest BCUT2D eigenvalue weighted by Gasteiger charge is 2.14. The van der Waals surface area contributed by atoms with Gasteiger partial charge in [-0.25, -0.2) is 0 Å². The van der Waals surface area contributed by atoms with Crippen molar-refractivity contribution in [3.05, 3.63) is 65.5 Å². The number of aromatic nitrogens is 1. The lowest BCUT2D eigenvalue weighted by molar-refractivity contribution is 0.0752. The van der Waals surface area contributed by atoms with Crippen LogP contribution < -0.4 is 0 Å². The lowest BCUT2D eigenvalue weighted by atomic mass is 10.1. The summed E-state index contributed by atoms with van der Waals surface area (Å²) in [7, 11) is 0. The summed E-state index contributed by atoms with van der Waals surface area (Å²) >= 11 is 0. The smallest absolute Gasteiger partial charge is 0.254 e. The fourth-order valence-electron chi connectivity index (χ4n) is 1.99. The summed E-state index contributed by atoms with van der Waals surface area (Å²) in [5.41, 5.74) is 2.70. The number of hydrogen-bond acceptors (Lipinski definition) is 2. The van der Waals surface area contributed by atoms with Crippen LogP contribution in [0.25, 0.3) is 0 Å². The zero-order valence-corrected chi connectivity index (χ0v) is 11.3. The van der Waals surface area contributed by atoms with Gasteiger partial charge in [-0.1, -0.05) is 30.3 Å². The number of benzene rings is 1. The molecule has 0 bridgehead atoms. The van der Waals surface area contributed by atoms with E-state index in [1.54, 1.807) is 12.3 Å². The Bertz CT molecular complexity index is 552. The summed E-state index contributed by atoms with van der Waals surface area (Å²) in [6.45, 7) is 5.21. The predicted octanol–water partition coefficient (Wildman–Crippen LogP) is 3.05. The third-order valence-electron chi connectivity index (χ3n) is 3.03. The normalized spacial score (nSPS) is 10.2. The second-order valence-corrected chi connectivity index (χ2v) is 4.49. The number of carbonyl (C=O) groups is 1. The van der Waals surface area contributed by atoms with E-state index in [2.05, 4.69) is 4.98 Å². The molecule has 1 aromatic carbocycles. The van der Waals surface area contributed by atoms with E-state index in [1.165, 1.54) is 0 Å². The zero-order chi connectivity index (χ0) is 13.7. The zero-order valence-electron chi connectivity index (χ0n) is 11.3. The number of aryl methyl sites for hydroxylation is 1. The minimum absolute atomic E-state index is 0.0526. The highest BCUT2D eigenvalue weighted by Crippen LogP contribution is 2.10. The van der Waals surface area contributed by atoms with Crippen molar-refractivity contribution in [3.8, 4) is 0 Å². The molecule has 3 heteroatoms. The number of nitrogens with zero attached hydrogens (tertiary/aromatic N) is 2. The van der Waals surface area contributed by atoms with Gasteiger partial charge in [0.15, 0.2) is 0 Å². The summed E-state index contributed by atoms with van der Waals surface area (Å²) in [6.07, 6.45) is 1.68. The fraction of sp³-hybridized carbons (Fsp3) is 0.250. The molecule has 0 aliphatic carbocycles. The van der Waals surface area contributed by atoms with E-state index < -0.39 is 0 Å². The van der Waals surface area contributed by atoms with Crippen LogP contribution in [0.4, 0.5) is 0 Å². The number of amides is 1. The van der Waals surface area contributed by atoms with Crippen LogP contribution in [0.1, 0.15) is 28.5 Å². The monoisotopic (exact) mass is 254 g/mol. The van der Waals surface area contributed by atoms with Crippen molar-refractivity contribution < 1.29 is 4.79 Å². The quantitative estimate of drug-likeness (QED) is 0.840. The minimum Gasteiger partial charge on any atom is -0.335 e. The second-order valence-electron chi connectivity index (χ2n) is 4.49. The Labute approximate surface area is 113 Å². The fourth-order valence-corrected chi connectivity index (χ4v) is 1.99. The van der Waals surface area contributed by atoms with Gasteiger partial charge in [-0.3, -0.25) is 9.78 Å². The molecule has 0 unspecified atom stereocenters. The van der Waals surface area contributed by atoms with Gasteiger partial charge in [-0.2, -0.15) is 0 Å². The van der Waals surface area contributed by atoms with Crippen molar-refractivity contribution in [3.63, 3.8) is 0 Å². The van der Waals surface area contributed by atoms with Crippen molar-refractivity contribution in [1.29, 1.82) is 0 Å². The Morgan fingerprint density at radius 3 is 2.58 bits per heavy atom. The molecule has 19 heavy (non-hydrogen) atoms. The van der Waals surface area contributed by atoms with Gasteiger partial charge in [-0.05, 0) is 31.5 Å². The topological polar surface area (TPSA) is 33.2 Å². The van der Waals surface area contributed by atoms with E-state index in [4.69, 9.17) is 0 Å². The standard InChI is InChI=1S/C16H18N2O/c1-3-18(12-14-7-5-4-6-8-14)16(19)15-9-10-17-13(2)11-15/h4-11H,3,12H2,1-2H3. The summed E-state index contributed by atoms with van der Waals surface area (Å²) in [4.78, 5) is 18.4. The molecule has 0 aliphatic heterocycles. The van der Waals surface area contributed by atoms with E-state index in [1.807, 2.05) is 55.1 Å². The van der Waals surface area contributed by atoms with Crippen molar-refractivity contribution >= 4 is 5.91 Å². The first-order chi connectivity index (χ1) is 9.20. The Kier molecular flexibility index (Phi) is 4.29. The van der Waals surface area contributed by atoms with Gasteiger partial charge < -0.3 is 4.90 Å². The van der Waals surface area contributed by atoms with Gasteiger partial charge in [-0.15, -0.1) is 0 Å². The van der Waals surface area contributed by atoms with E-state index >= 15 is 0 Å². The van der Waals surface area contributed by atoms with Gasteiger partial charge in [0.1, 0.15) is 0 Å². The van der Waals surface area contributed by atoms with Gasteiger partial charge >= 0.3 is 0 Å². The van der Waals surface area contributed by atoms with Crippen LogP contribution in [0.15, 0.2) is 48.7 Å². The predicted molar refractivity (Wildman–Crippen MR) is 75.8 cm³/mol. The summed E-state index contributed by atoms with van der Waals surface area (Å²) in [6, 6.07) is 13.6. The van der Waals surface area contributed by atoms with Crippen LogP contribution in [0.5, 0.6) is 0 Å². The average molecular weight is 254 g/mol. The van der Waals surface area contributed by atoms with Gasteiger partial charge in [0.25, 0.3) is 5.91 Å². The Morgan fingerprint density at radius 1 is 1.21 bits per heavy atom. The largest absolute Gasteiger partial charge is 0.335 e. The van der Waals surface area contributed by atoms with E-state index in [9.17, 15) is 4.79 Å². The third-order valence-corrected chi connectivity index (χ3v) is 3.03. The second kappa shape index (κ2) is 6.14. The van der Waals surface area contributed by atoms with Gasteiger partial charge in [0.05, 0.1) is 0 Å². The molecule has 0 N–H and O–H groups in total. The average Bonchev–Trinajstić information content (AvgIpc) is 2.45. The lowest BCUT2D eigenvalue weighted by Gasteiger charge is -2.21. The van der Waals surface area contributed by atoms with Crippen molar-refractivity contribution in [2.24, 2.45) is 0 Å². The molecule has 0 atom stereocenters. The maximum absolute atomic E-state index is 12.4. The summed E-state index contributed by atoms with van der Waals surface area (Å²) in [5.74, 6) is 0.0526. The highest BCUT2D eigenvalue weighted by molar-refractivity contribution is 5.94. The van der Waals surface area contributed by atoms with Gasteiger partial charge in [0, 0.05) is 30.5 Å². The lowest BCUT2D eigenvalue weighted by Crippen LogP contribution is -2.30. The molecule has 3 nitrogen and oxygen atoms in total. The first kappa shape index (κ1) is 13.3. The van der Waals surface area contributed by atoms with Crippen LogP contribution in [0, 0.1) is 6.92 Å². The number of rotatable bonds is 4. The molecule has 0 saturated carbocycles. The molecule has 1 amide bonds. The number of hydrogen-bond donors (Lipinski definition) is 0. The molecule has 2 aromatic rings. The Hall–Kier alpha value is -2.16. The molecular formula is C16H18N2O. The van der Waals surface area contributed by atoms with Crippen molar-refractivity contribution in [2.45, 2.75) is 20.4 Å². The SMILES string of the molecule is CCN(Cc1ccccc1)C(=O)c1ccnc(C)c1. The first-order valence-electron chi connectivity index (χ1n) is 6.46. The third kappa shape index (κ3) is 3.41. The van der Waals surface area contributed by atoms with Crippen LogP contribution in [0.3, 0.4) is 0 Å². The van der Waals surface area contributed by atoms with E-state index in [-0.39, 0.29) is 5.91 Å². The molecular weight excluding hydrogens is 236 g/mol. The van der Waals surface area contributed by atoms with Crippen molar-refractivity contribution in [2.75, 3.05) is 6.54 Å². The van der Waals surface area contributed by atoms with Crippen LogP contribution in [-0.2, 0) is 6.54 Å². The van der Waals surface area contributed by atoms with E-state index in [0.717, 1.165) is 11.3 Å². The summed E-state index contributed by atoms with van der Waals surface area (Å²) < 4.78 is 0. The number of carbonyl (C=O) groups excluding carboxylic acids is 1. The maximum atomic E-state index is 12.4. The molecule has 1 aromatic heterocycles. The van der Waals surface area contributed by atoms with Gasteiger partial charge in [0.2, 0.25) is 0 Å². The minimum atomic E-state index is 0.0526. The molecule has 2 rings (SSSR count). The van der Waals surface area contributed by atoms with E-state index in [0.29, 0.717) is 18.7 Å². The summed E-state index contributed by atoms with van der Waals surface area (Å²) in [5, 5.41) is 0. The van der Waals surface area contributed by atoms with Crippen LogP contribution >= 0.6 is 0 Å². The molecule has 0 fully saturated rings. The molecule has 98 valence electrons. The maximum Gasteiger partial charge on any atom is 0.254 e. The molecule has 0 spiro atoms. The molecule has 0 saturated heterocycles. The van der Waals surface area contributed by atoms with Crippen molar-refractivity contribution in [1.82, 2.24) is 9.88 Å². The molecule has 1 heterocycles. The highest BCUT2D eigenvalue weighted by atomic mass is 16.2. The Morgan fingerprint density at radius 2 is 1.95 bits per heavy atom. The Balaban J connectivity index is 2.16. The molecule has 0 radical (unpaired) electrons. The molecule has 0 aliphatic rings. The first-order valence-corrected chi connectivity index (χ1v) is 6.46. The van der Waals surface area contributed by atoms with Crippen LogP contribution in [0.2, 0.25) is 0 Å². The number of pyridine rings is 1. The van der Waals surface area contributed by atoms with Crippen LogP contribution in [-0.4, -0.2) is 22.3 Å².